The van der Waals surface area contributed by atoms with Crippen molar-refractivity contribution in [1.82, 2.24) is 9.80 Å². The number of amides is 1. The fourth-order valence-electron chi connectivity index (χ4n) is 3.58. The first kappa shape index (κ1) is 20.9. The van der Waals surface area contributed by atoms with E-state index in [4.69, 9.17) is 9.15 Å². The molecule has 8 nitrogen and oxygen atoms in total. The summed E-state index contributed by atoms with van der Waals surface area (Å²) in [5.41, 5.74) is 2.16. The lowest BCUT2D eigenvalue weighted by molar-refractivity contribution is -0.117. The zero-order valence-electron chi connectivity index (χ0n) is 17.7. The molecule has 0 unspecified atom stereocenters. The van der Waals surface area contributed by atoms with Crippen LogP contribution in [0.25, 0.3) is 11.0 Å². The van der Waals surface area contributed by atoms with Crippen LogP contribution in [0, 0.1) is 0 Å². The zero-order chi connectivity index (χ0) is 21.8. The quantitative estimate of drug-likeness (QED) is 0.591. The predicted octanol–water partition coefficient (Wildman–Crippen LogP) is 2.73. The Hall–Kier alpha value is -3.36. The first-order valence-corrected chi connectivity index (χ1v) is 10.2. The van der Waals surface area contributed by atoms with Gasteiger partial charge >= 0.3 is 5.63 Å². The SMILES string of the molecule is COc1ccc2c(Nc3ccc(NC(=O)CN4CCN(C)CC4)cc3)cc(=O)oc2c1. The molecule has 2 heterocycles. The summed E-state index contributed by atoms with van der Waals surface area (Å²) in [5.74, 6) is 0.593. The van der Waals surface area contributed by atoms with Crippen molar-refractivity contribution < 1.29 is 13.9 Å². The highest BCUT2D eigenvalue weighted by atomic mass is 16.5. The van der Waals surface area contributed by atoms with E-state index in [0.717, 1.165) is 42.9 Å². The number of methoxy groups -OCH3 is 1. The number of piperazine rings is 1. The largest absolute Gasteiger partial charge is 0.497 e. The molecule has 2 aromatic carbocycles. The van der Waals surface area contributed by atoms with Gasteiger partial charge in [-0.05, 0) is 43.4 Å². The van der Waals surface area contributed by atoms with E-state index in [1.54, 1.807) is 13.2 Å². The second-order valence-corrected chi connectivity index (χ2v) is 7.67. The van der Waals surface area contributed by atoms with Crippen LogP contribution in [0.5, 0.6) is 5.75 Å². The minimum Gasteiger partial charge on any atom is -0.497 e. The molecule has 0 bridgehead atoms. The van der Waals surface area contributed by atoms with Gasteiger partial charge in [0.05, 0.1) is 19.3 Å². The molecular formula is C23H26N4O4. The van der Waals surface area contributed by atoms with E-state index in [2.05, 4.69) is 27.5 Å². The Balaban J connectivity index is 1.42. The van der Waals surface area contributed by atoms with Gasteiger partial charge in [-0.15, -0.1) is 0 Å². The van der Waals surface area contributed by atoms with Crippen molar-refractivity contribution in [1.29, 1.82) is 0 Å². The Kier molecular flexibility index (Phi) is 6.20. The summed E-state index contributed by atoms with van der Waals surface area (Å²) < 4.78 is 10.5. The lowest BCUT2D eigenvalue weighted by atomic mass is 10.2. The number of hydrogen-bond acceptors (Lipinski definition) is 7. The smallest absolute Gasteiger partial charge is 0.338 e. The van der Waals surface area contributed by atoms with E-state index in [1.165, 1.54) is 6.07 Å². The van der Waals surface area contributed by atoms with Gasteiger partial charge < -0.3 is 24.7 Å². The maximum absolute atomic E-state index is 12.3. The molecule has 4 rings (SSSR count). The Morgan fingerprint density at radius 1 is 1.03 bits per heavy atom. The Labute approximate surface area is 180 Å². The molecule has 1 aliphatic heterocycles. The topological polar surface area (TPSA) is 87.0 Å². The van der Waals surface area contributed by atoms with Crippen LogP contribution >= 0.6 is 0 Å². The third-order valence-electron chi connectivity index (χ3n) is 5.36. The molecule has 31 heavy (non-hydrogen) atoms. The number of likely N-dealkylation sites (N-methyl/N-ethyl adjacent to an activating group) is 1. The maximum Gasteiger partial charge on any atom is 0.338 e. The van der Waals surface area contributed by atoms with E-state index >= 15 is 0 Å². The average Bonchev–Trinajstić information content (AvgIpc) is 2.76. The molecule has 0 spiro atoms. The number of nitrogens with zero attached hydrogens (tertiary/aromatic N) is 2. The van der Waals surface area contributed by atoms with Crippen LogP contribution in [-0.2, 0) is 4.79 Å². The molecule has 1 fully saturated rings. The Morgan fingerprint density at radius 2 is 1.74 bits per heavy atom. The first-order chi connectivity index (χ1) is 15.0. The van der Waals surface area contributed by atoms with Crippen LogP contribution in [0.4, 0.5) is 17.1 Å². The predicted molar refractivity (Wildman–Crippen MR) is 121 cm³/mol. The van der Waals surface area contributed by atoms with Crippen LogP contribution in [-0.4, -0.2) is 62.6 Å². The molecule has 1 amide bonds. The van der Waals surface area contributed by atoms with Gasteiger partial charge in [-0.3, -0.25) is 9.69 Å². The average molecular weight is 422 g/mol. The molecule has 0 atom stereocenters. The normalized spacial score (nSPS) is 15.0. The number of fused-ring (bicyclic) bond motifs is 1. The van der Waals surface area contributed by atoms with Gasteiger partial charge in [0.1, 0.15) is 11.3 Å². The number of nitrogens with one attached hydrogen (secondary N) is 2. The highest BCUT2D eigenvalue weighted by Crippen LogP contribution is 2.28. The van der Waals surface area contributed by atoms with E-state index in [0.29, 0.717) is 23.6 Å². The highest BCUT2D eigenvalue weighted by Gasteiger charge is 2.16. The van der Waals surface area contributed by atoms with E-state index < -0.39 is 5.63 Å². The van der Waals surface area contributed by atoms with Crippen molar-refractivity contribution in [2.45, 2.75) is 0 Å². The van der Waals surface area contributed by atoms with Crippen molar-refractivity contribution in [3.05, 3.63) is 59.0 Å². The molecule has 8 heteroatoms. The van der Waals surface area contributed by atoms with E-state index in [9.17, 15) is 9.59 Å². The lowest BCUT2D eigenvalue weighted by Gasteiger charge is -2.31. The van der Waals surface area contributed by atoms with E-state index in [1.807, 2.05) is 36.4 Å². The van der Waals surface area contributed by atoms with Crippen molar-refractivity contribution in [3.8, 4) is 5.75 Å². The molecule has 1 aromatic heterocycles. The minimum absolute atomic E-state index is 0.0223. The molecular weight excluding hydrogens is 396 g/mol. The summed E-state index contributed by atoms with van der Waals surface area (Å²) in [4.78, 5) is 28.7. The Bertz CT molecular complexity index is 1120. The van der Waals surface area contributed by atoms with Gasteiger partial charge in [0.25, 0.3) is 0 Å². The summed E-state index contributed by atoms with van der Waals surface area (Å²) >= 11 is 0. The lowest BCUT2D eigenvalue weighted by Crippen LogP contribution is -2.47. The number of carbonyl (C=O) groups is 1. The van der Waals surface area contributed by atoms with Crippen molar-refractivity contribution >= 4 is 33.9 Å². The van der Waals surface area contributed by atoms with Crippen LogP contribution in [0.2, 0.25) is 0 Å². The molecule has 0 saturated carbocycles. The van der Waals surface area contributed by atoms with Crippen LogP contribution in [0.1, 0.15) is 0 Å². The van der Waals surface area contributed by atoms with Gasteiger partial charge in [0, 0.05) is 55.1 Å². The van der Waals surface area contributed by atoms with Gasteiger partial charge in [-0.1, -0.05) is 0 Å². The zero-order valence-corrected chi connectivity index (χ0v) is 17.7. The van der Waals surface area contributed by atoms with Crippen molar-refractivity contribution in [3.63, 3.8) is 0 Å². The first-order valence-electron chi connectivity index (χ1n) is 10.2. The summed E-state index contributed by atoms with van der Waals surface area (Å²) in [6.45, 7) is 4.15. The molecule has 2 N–H and O–H groups in total. The molecule has 0 radical (unpaired) electrons. The molecule has 0 aliphatic carbocycles. The standard InChI is InChI=1S/C23H26N4O4/c1-26-9-11-27(12-10-26)15-22(28)25-17-5-3-16(4-6-17)24-20-14-23(29)31-21-13-18(30-2)7-8-19(20)21/h3-8,13-14,24H,9-12,15H2,1-2H3,(H,25,28). The second kappa shape index (κ2) is 9.20. The third kappa shape index (κ3) is 5.22. The van der Waals surface area contributed by atoms with Gasteiger partial charge in [0.2, 0.25) is 5.91 Å². The summed E-state index contributed by atoms with van der Waals surface area (Å²) in [6.07, 6.45) is 0. The number of rotatable bonds is 6. The van der Waals surface area contributed by atoms with Gasteiger partial charge in [-0.25, -0.2) is 4.79 Å². The fourth-order valence-corrected chi connectivity index (χ4v) is 3.58. The molecule has 1 aliphatic rings. The van der Waals surface area contributed by atoms with Crippen LogP contribution in [0.15, 0.2) is 57.7 Å². The number of hydrogen-bond donors (Lipinski definition) is 2. The third-order valence-corrected chi connectivity index (χ3v) is 5.36. The van der Waals surface area contributed by atoms with Crippen LogP contribution in [0.3, 0.4) is 0 Å². The van der Waals surface area contributed by atoms with Gasteiger partial charge in [-0.2, -0.15) is 0 Å². The molecule has 3 aromatic rings. The fraction of sp³-hybridized carbons (Fsp3) is 0.304. The minimum atomic E-state index is -0.448. The number of benzene rings is 2. The molecule has 1 saturated heterocycles. The van der Waals surface area contributed by atoms with Gasteiger partial charge in [0.15, 0.2) is 0 Å². The summed E-state index contributed by atoms with van der Waals surface area (Å²) in [6, 6.07) is 14.1. The van der Waals surface area contributed by atoms with E-state index in [-0.39, 0.29) is 5.91 Å². The second-order valence-electron chi connectivity index (χ2n) is 7.67. The Morgan fingerprint density at radius 3 is 2.45 bits per heavy atom. The van der Waals surface area contributed by atoms with Crippen molar-refractivity contribution in [2.75, 3.05) is 57.5 Å². The number of ether oxygens (including phenoxy) is 1. The summed E-state index contributed by atoms with van der Waals surface area (Å²) in [7, 11) is 3.65. The number of anilines is 3. The summed E-state index contributed by atoms with van der Waals surface area (Å²) in [5, 5.41) is 6.96. The number of carbonyl (C=O) groups excluding carboxylic acids is 1. The monoisotopic (exact) mass is 422 g/mol. The van der Waals surface area contributed by atoms with Crippen molar-refractivity contribution in [2.24, 2.45) is 0 Å². The molecule has 162 valence electrons. The van der Waals surface area contributed by atoms with Crippen LogP contribution < -0.4 is 21.0 Å². The highest BCUT2D eigenvalue weighted by molar-refractivity contribution is 5.94. The maximum atomic E-state index is 12.3.